The van der Waals surface area contributed by atoms with E-state index in [1.807, 2.05) is 0 Å². The lowest BCUT2D eigenvalue weighted by Crippen LogP contribution is -2.32. The van der Waals surface area contributed by atoms with Crippen LogP contribution in [0.1, 0.15) is 44.9 Å². The summed E-state index contributed by atoms with van der Waals surface area (Å²) in [5.74, 6) is 5.18. The molecule has 0 radical (unpaired) electrons. The molecule has 4 N–H and O–H groups in total. The Hall–Kier alpha value is -1.55. The van der Waals surface area contributed by atoms with Crippen molar-refractivity contribution in [2.45, 2.75) is 57.2 Å². The second-order valence-electron chi connectivity index (χ2n) is 7.03. The van der Waals surface area contributed by atoms with Gasteiger partial charge in [-0.05, 0) is 37.2 Å². The van der Waals surface area contributed by atoms with Crippen LogP contribution in [0.5, 0.6) is 0 Å². The van der Waals surface area contributed by atoms with Gasteiger partial charge in [-0.1, -0.05) is 31.1 Å². The number of nitrogens with one attached hydrogen (secondary N) is 1. The van der Waals surface area contributed by atoms with E-state index in [9.17, 15) is 15.0 Å². The second kappa shape index (κ2) is 7.56. The third-order valence-corrected chi connectivity index (χ3v) is 5.43. The SMILES string of the molecule is O=C(O)CONC1=C2CC(C#CC(O)C3CCCCC3)C(O)C2C1. The summed E-state index contributed by atoms with van der Waals surface area (Å²) in [6, 6.07) is 0. The number of aliphatic hydroxyl groups excluding tert-OH is 2. The summed E-state index contributed by atoms with van der Waals surface area (Å²) in [4.78, 5) is 15.3. The summed E-state index contributed by atoms with van der Waals surface area (Å²) >= 11 is 0. The van der Waals surface area contributed by atoms with Gasteiger partial charge >= 0.3 is 5.97 Å². The molecule has 2 saturated carbocycles. The number of hydroxylamine groups is 1. The van der Waals surface area contributed by atoms with Crippen LogP contribution in [0.25, 0.3) is 0 Å². The Bertz CT molecular complexity index is 570. The fraction of sp³-hybridized carbons (Fsp3) is 0.722. The number of carboxylic acid groups (broad SMARTS) is 1. The zero-order valence-electron chi connectivity index (χ0n) is 13.7. The molecule has 0 heterocycles. The maximum absolute atomic E-state index is 10.4. The number of rotatable bonds is 5. The van der Waals surface area contributed by atoms with E-state index in [0.29, 0.717) is 12.8 Å². The first kappa shape index (κ1) is 17.3. The van der Waals surface area contributed by atoms with E-state index in [-0.39, 0.29) is 17.8 Å². The fourth-order valence-electron chi connectivity index (χ4n) is 4.00. The van der Waals surface area contributed by atoms with Gasteiger partial charge in [-0.25, -0.2) is 4.79 Å². The van der Waals surface area contributed by atoms with Crippen molar-refractivity contribution in [1.82, 2.24) is 5.48 Å². The highest BCUT2D eigenvalue weighted by molar-refractivity contribution is 5.67. The van der Waals surface area contributed by atoms with E-state index in [1.54, 1.807) is 0 Å². The molecule has 3 aliphatic carbocycles. The van der Waals surface area contributed by atoms with E-state index >= 15 is 0 Å². The Morgan fingerprint density at radius 3 is 2.75 bits per heavy atom. The van der Waals surface area contributed by atoms with Crippen molar-refractivity contribution in [1.29, 1.82) is 0 Å². The largest absolute Gasteiger partial charge is 0.479 e. The summed E-state index contributed by atoms with van der Waals surface area (Å²) in [6.45, 7) is -0.402. The molecule has 4 atom stereocenters. The number of carboxylic acids is 1. The Balaban J connectivity index is 1.54. The van der Waals surface area contributed by atoms with Gasteiger partial charge in [0.2, 0.25) is 0 Å². The smallest absolute Gasteiger partial charge is 0.332 e. The maximum atomic E-state index is 10.4. The van der Waals surface area contributed by atoms with Crippen LogP contribution in [-0.4, -0.2) is 40.1 Å². The highest BCUT2D eigenvalue weighted by Gasteiger charge is 2.45. The lowest BCUT2D eigenvalue weighted by molar-refractivity contribution is -0.144. The Labute approximate surface area is 141 Å². The molecule has 0 spiro atoms. The third-order valence-electron chi connectivity index (χ3n) is 5.43. The van der Waals surface area contributed by atoms with Crippen LogP contribution in [0, 0.1) is 29.6 Å². The Morgan fingerprint density at radius 2 is 2.04 bits per heavy atom. The van der Waals surface area contributed by atoms with Crippen molar-refractivity contribution in [2.24, 2.45) is 17.8 Å². The number of aliphatic carboxylic acids is 1. The van der Waals surface area contributed by atoms with Crippen molar-refractivity contribution in [3.8, 4) is 11.8 Å². The van der Waals surface area contributed by atoms with E-state index in [1.165, 1.54) is 6.42 Å². The van der Waals surface area contributed by atoms with Crippen LogP contribution >= 0.6 is 0 Å². The summed E-state index contributed by atoms with van der Waals surface area (Å²) in [7, 11) is 0. The van der Waals surface area contributed by atoms with Crippen LogP contribution in [0.4, 0.5) is 0 Å². The normalized spacial score (nSPS) is 30.8. The van der Waals surface area contributed by atoms with Gasteiger partial charge in [-0.3, -0.25) is 10.3 Å². The molecule has 0 aromatic heterocycles. The summed E-state index contributed by atoms with van der Waals surface area (Å²) in [5, 5.41) is 29.1. The van der Waals surface area contributed by atoms with Crippen molar-refractivity contribution in [3.05, 3.63) is 11.3 Å². The second-order valence-corrected chi connectivity index (χ2v) is 7.03. The molecule has 0 aromatic carbocycles. The van der Waals surface area contributed by atoms with Gasteiger partial charge in [-0.2, -0.15) is 0 Å². The first-order valence-electron chi connectivity index (χ1n) is 8.75. The maximum Gasteiger partial charge on any atom is 0.332 e. The molecule has 6 nitrogen and oxygen atoms in total. The molecule has 0 aromatic rings. The monoisotopic (exact) mass is 335 g/mol. The first-order valence-corrected chi connectivity index (χ1v) is 8.75. The van der Waals surface area contributed by atoms with Crippen LogP contribution in [0.2, 0.25) is 0 Å². The van der Waals surface area contributed by atoms with Crippen LogP contribution < -0.4 is 5.48 Å². The van der Waals surface area contributed by atoms with Gasteiger partial charge < -0.3 is 15.3 Å². The molecule has 0 saturated heterocycles. The first-order chi connectivity index (χ1) is 11.6. The van der Waals surface area contributed by atoms with Gasteiger partial charge in [0, 0.05) is 11.6 Å². The molecule has 4 unspecified atom stereocenters. The molecule has 0 bridgehead atoms. The fourth-order valence-corrected chi connectivity index (χ4v) is 4.00. The average molecular weight is 335 g/mol. The Morgan fingerprint density at radius 1 is 1.29 bits per heavy atom. The predicted octanol–water partition coefficient (Wildman–Crippen LogP) is 1.19. The van der Waals surface area contributed by atoms with E-state index in [4.69, 9.17) is 9.94 Å². The topological polar surface area (TPSA) is 99.0 Å². The van der Waals surface area contributed by atoms with Crippen LogP contribution in [-0.2, 0) is 9.63 Å². The molecular weight excluding hydrogens is 310 g/mol. The lowest BCUT2D eigenvalue weighted by atomic mass is 9.83. The molecule has 3 rings (SSSR count). The van der Waals surface area contributed by atoms with Gasteiger partial charge in [0.25, 0.3) is 0 Å². The predicted molar refractivity (Wildman–Crippen MR) is 86.3 cm³/mol. The van der Waals surface area contributed by atoms with Gasteiger partial charge in [0.05, 0.1) is 12.0 Å². The number of carbonyl (C=O) groups is 1. The minimum Gasteiger partial charge on any atom is -0.479 e. The zero-order chi connectivity index (χ0) is 17.1. The number of allylic oxidation sites excluding steroid dienone is 1. The standard InChI is InChI=1S/C18H25NO5/c20-16(11-4-2-1-3-5-11)7-6-12-8-13-14(18(12)23)9-15(13)19-24-10-17(21)22/h11-12,14,16,18-20,23H,1-5,8-10H2,(H,21,22). The number of aliphatic hydroxyl groups is 2. The summed E-state index contributed by atoms with van der Waals surface area (Å²) in [6.07, 6.45) is 5.82. The molecule has 2 fully saturated rings. The van der Waals surface area contributed by atoms with Crippen molar-refractivity contribution in [2.75, 3.05) is 6.61 Å². The number of hydrogen-bond acceptors (Lipinski definition) is 5. The van der Waals surface area contributed by atoms with Crippen molar-refractivity contribution in [3.63, 3.8) is 0 Å². The minimum atomic E-state index is -1.03. The van der Waals surface area contributed by atoms with Crippen LogP contribution in [0.15, 0.2) is 11.3 Å². The van der Waals surface area contributed by atoms with Gasteiger partial charge in [0.15, 0.2) is 6.61 Å². The van der Waals surface area contributed by atoms with Crippen molar-refractivity contribution < 1.29 is 25.0 Å². The molecule has 3 aliphatic rings. The Kier molecular flexibility index (Phi) is 5.44. The molecule has 0 aliphatic heterocycles. The van der Waals surface area contributed by atoms with Gasteiger partial charge in [-0.15, -0.1) is 0 Å². The molecule has 24 heavy (non-hydrogen) atoms. The van der Waals surface area contributed by atoms with Crippen molar-refractivity contribution >= 4 is 5.97 Å². The molecule has 0 amide bonds. The summed E-state index contributed by atoms with van der Waals surface area (Å²) in [5.41, 5.74) is 4.60. The quantitative estimate of drug-likeness (QED) is 0.445. The molecular formula is C18H25NO5. The van der Waals surface area contributed by atoms with E-state index < -0.39 is 24.8 Å². The van der Waals surface area contributed by atoms with Crippen LogP contribution in [0.3, 0.4) is 0 Å². The highest BCUT2D eigenvalue weighted by atomic mass is 16.7. The number of fused-ring (bicyclic) bond motifs is 1. The number of hydrogen-bond donors (Lipinski definition) is 4. The minimum absolute atomic E-state index is 0.0760. The van der Waals surface area contributed by atoms with E-state index in [0.717, 1.165) is 37.0 Å². The highest BCUT2D eigenvalue weighted by Crippen LogP contribution is 2.48. The molecule has 132 valence electrons. The molecule has 6 heteroatoms. The van der Waals surface area contributed by atoms with E-state index in [2.05, 4.69) is 17.3 Å². The third kappa shape index (κ3) is 3.75. The zero-order valence-corrected chi connectivity index (χ0v) is 13.7. The van der Waals surface area contributed by atoms with Gasteiger partial charge in [0.1, 0.15) is 6.10 Å². The lowest BCUT2D eigenvalue weighted by Gasteiger charge is -2.30. The summed E-state index contributed by atoms with van der Waals surface area (Å²) < 4.78 is 0. The average Bonchev–Trinajstić information content (AvgIpc) is 2.81.